The van der Waals surface area contributed by atoms with Gasteiger partial charge in [-0.1, -0.05) is 35.9 Å². The molecule has 1 heterocycles. The van der Waals surface area contributed by atoms with Crippen LogP contribution in [0.2, 0.25) is 5.02 Å². The molecule has 31 heavy (non-hydrogen) atoms. The Morgan fingerprint density at radius 1 is 1.13 bits per heavy atom. The molecule has 10 heteroatoms. The van der Waals surface area contributed by atoms with Crippen molar-refractivity contribution in [2.75, 3.05) is 13.1 Å². The molecule has 1 aliphatic heterocycles. The summed E-state index contributed by atoms with van der Waals surface area (Å²) in [5, 5.41) is 3.07. The Morgan fingerprint density at radius 2 is 1.84 bits per heavy atom. The first-order valence-electron chi connectivity index (χ1n) is 9.71. The molecule has 168 valence electrons. The molecule has 0 aromatic heterocycles. The standard InChI is InChI=1S/C21H22ClF3N2O3S/c22-19-8-2-5-16(11-19)14-31(29,30)27-9-3-6-17(13-27)20(28)26-12-15-4-1-7-18(10-15)21(23,24)25/h1-2,4-5,7-8,10-11,17H,3,6,9,12-14H2,(H,26,28). The lowest BCUT2D eigenvalue weighted by Crippen LogP contribution is -2.45. The third kappa shape index (κ3) is 6.44. The maximum Gasteiger partial charge on any atom is 0.416 e. The van der Waals surface area contributed by atoms with E-state index >= 15 is 0 Å². The first-order valence-corrected chi connectivity index (χ1v) is 11.7. The molecule has 1 N–H and O–H groups in total. The van der Waals surface area contributed by atoms with Crippen LogP contribution in [-0.2, 0) is 33.3 Å². The van der Waals surface area contributed by atoms with Crippen LogP contribution in [0, 0.1) is 5.92 Å². The van der Waals surface area contributed by atoms with Crippen molar-refractivity contribution >= 4 is 27.5 Å². The fourth-order valence-corrected chi connectivity index (χ4v) is 5.34. The first-order chi connectivity index (χ1) is 14.5. The van der Waals surface area contributed by atoms with E-state index in [0.717, 1.165) is 12.1 Å². The lowest BCUT2D eigenvalue weighted by atomic mass is 9.98. The van der Waals surface area contributed by atoms with Gasteiger partial charge in [0.25, 0.3) is 0 Å². The quantitative estimate of drug-likeness (QED) is 0.681. The van der Waals surface area contributed by atoms with Gasteiger partial charge in [0, 0.05) is 24.7 Å². The highest BCUT2D eigenvalue weighted by Crippen LogP contribution is 2.29. The van der Waals surface area contributed by atoms with Crippen molar-refractivity contribution in [3.05, 3.63) is 70.2 Å². The number of hydrogen-bond donors (Lipinski definition) is 1. The molecular weight excluding hydrogens is 453 g/mol. The summed E-state index contributed by atoms with van der Waals surface area (Å²) in [5.74, 6) is -1.15. The molecule has 2 aromatic carbocycles. The Kier molecular flexibility index (Phi) is 7.28. The predicted molar refractivity (Wildman–Crippen MR) is 112 cm³/mol. The van der Waals surface area contributed by atoms with Crippen molar-refractivity contribution in [2.24, 2.45) is 5.92 Å². The van der Waals surface area contributed by atoms with Crippen LogP contribution in [0.3, 0.4) is 0 Å². The molecule has 5 nitrogen and oxygen atoms in total. The smallest absolute Gasteiger partial charge is 0.352 e. The van der Waals surface area contributed by atoms with Crippen molar-refractivity contribution in [1.29, 1.82) is 0 Å². The molecule has 1 aliphatic rings. The summed E-state index contributed by atoms with van der Waals surface area (Å²) in [6, 6.07) is 11.3. The highest BCUT2D eigenvalue weighted by Gasteiger charge is 2.33. The van der Waals surface area contributed by atoms with Crippen LogP contribution in [0.4, 0.5) is 13.2 Å². The average molecular weight is 475 g/mol. The molecule has 0 saturated carbocycles. The number of carbonyl (C=O) groups is 1. The number of hydrogen-bond acceptors (Lipinski definition) is 3. The van der Waals surface area contributed by atoms with E-state index in [-0.39, 0.29) is 24.7 Å². The van der Waals surface area contributed by atoms with E-state index in [1.54, 1.807) is 24.3 Å². The molecule has 1 atom stereocenters. The summed E-state index contributed by atoms with van der Waals surface area (Å²) in [5.41, 5.74) is 0.100. The van der Waals surface area contributed by atoms with E-state index in [1.165, 1.54) is 16.4 Å². The van der Waals surface area contributed by atoms with Crippen molar-refractivity contribution in [3.8, 4) is 0 Å². The zero-order chi connectivity index (χ0) is 22.6. The van der Waals surface area contributed by atoms with Gasteiger partial charge in [-0.2, -0.15) is 13.2 Å². The maximum absolute atomic E-state index is 12.8. The van der Waals surface area contributed by atoms with Crippen LogP contribution in [0.5, 0.6) is 0 Å². The minimum absolute atomic E-state index is 0.0390. The largest absolute Gasteiger partial charge is 0.416 e. The molecule has 0 bridgehead atoms. The van der Waals surface area contributed by atoms with Crippen LogP contribution in [0.1, 0.15) is 29.5 Å². The normalized spacial score (nSPS) is 18.0. The van der Waals surface area contributed by atoms with Crippen LogP contribution in [-0.4, -0.2) is 31.7 Å². The number of nitrogens with zero attached hydrogens (tertiary/aromatic N) is 1. The Hall–Kier alpha value is -2.10. The summed E-state index contributed by atoms with van der Waals surface area (Å²) in [6.45, 7) is 0.298. The zero-order valence-corrected chi connectivity index (χ0v) is 18.1. The average Bonchev–Trinajstić information content (AvgIpc) is 2.71. The molecular formula is C21H22ClF3N2O3S. The maximum atomic E-state index is 12.8. The van der Waals surface area contributed by atoms with Gasteiger partial charge in [0.15, 0.2) is 0 Å². The van der Waals surface area contributed by atoms with Crippen LogP contribution in [0.25, 0.3) is 0 Å². The topological polar surface area (TPSA) is 66.5 Å². The second kappa shape index (κ2) is 9.58. The monoisotopic (exact) mass is 474 g/mol. The number of amides is 1. The summed E-state index contributed by atoms with van der Waals surface area (Å²) in [4.78, 5) is 12.6. The number of rotatable bonds is 6. The summed E-state index contributed by atoms with van der Waals surface area (Å²) < 4.78 is 65.4. The number of piperidine rings is 1. The van der Waals surface area contributed by atoms with Gasteiger partial charge in [-0.05, 0) is 48.2 Å². The number of halogens is 4. The summed E-state index contributed by atoms with van der Waals surface area (Å²) >= 11 is 5.92. The van der Waals surface area contributed by atoms with Gasteiger partial charge < -0.3 is 5.32 Å². The van der Waals surface area contributed by atoms with Crippen molar-refractivity contribution in [1.82, 2.24) is 9.62 Å². The minimum Gasteiger partial charge on any atom is -0.352 e. The number of alkyl halides is 3. The second-order valence-corrected chi connectivity index (χ2v) is 9.90. The van der Waals surface area contributed by atoms with E-state index in [2.05, 4.69) is 5.32 Å². The van der Waals surface area contributed by atoms with E-state index in [9.17, 15) is 26.4 Å². The van der Waals surface area contributed by atoms with Gasteiger partial charge in [0.1, 0.15) is 0 Å². The fourth-order valence-electron chi connectivity index (χ4n) is 3.53. The van der Waals surface area contributed by atoms with Gasteiger partial charge in [-0.3, -0.25) is 4.79 Å². The lowest BCUT2D eigenvalue weighted by Gasteiger charge is -2.31. The highest BCUT2D eigenvalue weighted by atomic mass is 35.5. The zero-order valence-electron chi connectivity index (χ0n) is 16.5. The summed E-state index contributed by atoms with van der Waals surface area (Å²) in [6.07, 6.45) is -3.42. The third-order valence-electron chi connectivity index (χ3n) is 5.11. The number of benzene rings is 2. The number of sulfonamides is 1. The molecule has 2 aromatic rings. The fraction of sp³-hybridized carbons (Fsp3) is 0.381. The van der Waals surface area contributed by atoms with E-state index < -0.39 is 27.7 Å². The molecule has 0 spiro atoms. The minimum atomic E-state index is -4.46. The Balaban J connectivity index is 1.60. The SMILES string of the molecule is O=C(NCc1cccc(C(F)(F)F)c1)C1CCCN(S(=O)(=O)Cc2cccc(Cl)c2)C1. The van der Waals surface area contributed by atoms with E-state index in [1.807, 2.05) is 0 Å². The Morgan fingerprint density at radius 3 is 2.55 bits per heavy atom. The molecule has 1 unspecified atom stereocenters. The molecule has 3 rings (SSSR count). The van der Waals surface area contributed by atoms with Gasteiger partial charge in [0.05, 0.1) is 17.2 Å². The molecule has 0 aliphatic carbocycles. The van der Waals surface area contributed by atoms with Gasteiger partial charge in [0.2, 0.25) is 15.9 Å². The lowest BCUT2D eigenvalue weighted by molar-refractivity contribution is -0.137. The van der Waals surface area contributed by atoms with E-state index in [4.69, 9.17) is 11.6 Å². The Labute approximate surface area is 184 Å². The van der Waals surface area contributed by atoms with Crippen molar-refractivity contribution in [2.45, 2.75) is 31.3 Å². The number of carbonyl (C=O) groups excluding carboxylic acids is 1. The first kappa shape index (κ1) is 23.6. The predicted octanol–water partition coefficient (Wildman–Crippen LogP) is 4.22. The molecule has 1 fully saturated rings. The van der Waals surface area contributed by atoms with Gasteiger partial charge in [-0.25, -0.2) is 12.7 Å². The third-order valence-corrected chi connectivity index (χ3v) is 7.16. The summed E-state index contributed by atoms with van der Waals surface area (Å²) in [7, 11) is -3.64. The second-order valence-electron chi connectivity index (χ2n) is 7.50. The van der Waals surface area contributed by atoms with Gasteiger partial charge in [-0.15, -0.1) is 0 Å². The highest BCUT2D eigenvalue weighted by molar-refractivity contribution is 7.88. The van der Waals surface area contributed by atoms with Crippen molar-refractivity contribution in [3.63, 3.8) is 0 Å². The molecule has 0 radical (unpaired) electrons. The van der Waals surface area contributed by atoms with Crippen LogP contribution < -0.4 is 5.32 Å². The Bertz CT molecular complexity index is 1040. The molecule has 1 saturated heterocycles. The van der Waals surface area contributed by atoms with Crippen LogP contribution >= 0.6 is 11.6 Å². The number of nitrogens with one attached hydrogen (secondary N) is 1. The van der Waals surface area contributed by atoms with Gasteiger partial charge >= 0.3 is 6.18 Å². The van der Waals surface area contributed by atoms with Crippen molar-refractivity contribution < 1.29 is 26.4 Å². The van der Waals surface area contributed by atoms with E-state index in [0.29, 0.717) is 35.5 Å². The van der Waals surface area contributed by atoms with Crippen LogP contribution in [0.15, 0.2) is 48.5 Å². The molecule has 1 amide bonds.